The summed E-state index contributed by atoms with van der Waals surface area (Å²) < 4.78 is 32.7. The van der Waals surface area contributed by atoms with Crippen molar-refractivity contribution in [1.29, 1.82) is 0 Å². The molecule has 1 unspecified atom stereocenters. The molecule has 1 aliphatic heterocycles. The maximum atomic E-state index is 11.9. The van der Waals surface area contributed by atoms with E-state index in [-0.39, 0.29) is 17.1 Å². The third-order valence-corrected chi connectivity index (χ3v) is 4.67. The van der Waals surface area contributed by atoms with Crippen molar-refractivity contribution in [1.82, 2.24) is 0 Å². The van der Waals surface area contributed by atoms with E-state index in [9.17, 15) is 13.2 Å². The molecular formula is C12H15NO5S. The van der Waals surface area contributed by atoms with Crippen molar-refractivity contribution < 1.29 is 22.7 Å². The van der Waals surface area contributed by atoms with Gasteiger partial charge in [-0.2, -0.15) is 0 Å². The quantitative estimate of drug-likeness (QED) is 0.646. The van der Waals surface area contributed by atoms with E-state index in [4.69, 9.17) is 15.2 Å². The van der Waals surface area contributed by atoms with Gasteiger partial charge in [0.05, 0.1) is 29.9 Å². The van der Waals surface area contributed by atoms with E-state index in [1.165, 1.54) is 19.2 Å². The molecule has 1 heterocycles. The number of anilines is 1. The summed E-state index contributed by atoms with van der Waals surface area (Å²) in [5.41, 5.74) is 6.30. The van der Waals surface area contributed by atoms with Crippen LogP contribution in [0.1, 0.15) is 16.8 Å². The average molecular weight is 285 g/mol. The molecular weight excluding hydrogens is 270 g/mol. The lowest BCUT2D eigenvalue weighted by Gasteiger charge is -2.11. The molecule has 0 radical (unpaired) electrons. The molecule has 0 saturated carbocycles. The van der Waals surface area contributed by atoms with Gasteiger partial charge in [0.15, 0.2) is 9.84 Å². The van der Waals surface area contributed by atoms with Crippen LogP contribution in [0.15, 0.2) is 18.2 Å². The largest absolute Gasteiger partial charge is 0.495 e. The van der Waals surface area contributed by atoms with Gasteiger partial charge in [-0.3, -0.25) is 0 Å². The lowest BCUT2D eigenvalue weighted by atomic mass is 10.2. The first-order chi connectivity index (χ1) is 8.91. The number of hydrogen-bond acceptors (Lipinski definition) is 6. The van der Waals surface area contributed by atoms with E-state index in [0.29, 0.717) is 17.9 Å². The zero-order valence-corrected chi connectivity index (χ0v) is 11.3. The predicted octanol–water partition coefficient (Wildman–Crippen LogP) is 0.621. The molecule has 1 aromatic rings. The SMILES string of the molecule is COc1ccc(C(=O)OC2CCS(=O)(=O)C2)cc1N. The van der Waals surface area contributed by atoms with Gasteiger partial charge in [-0.25, -0.2) is 13.2 Å². The van der Waals surface area contributed by atoms with Gasteiger partial charge in [0.1, 0.15) is 11.9 Å². The fourth-order valence-corrected chi connectivity index (χ4v) is 3.52. The second-order valence-corrected chi connectivity index (χ2v) is 6.62. The molecule has 0 bridgehead atoms. The Morgan fingerprint density at radius 3 is 2.68 bits per heavy atom. The van der Waals surface area contributed by atoms with E-state index in [2.05, 4.69) is 0 Å². The number of carbonyl (C=O) groups is 1. The van der Waals surface area contributed by atoms with E-state index in [1.807, 2.05) is 0 Å². The molecule has 2 rings (SSSR count). The average Bonchev–Trinajstić information content (AvgIpc) is 2.68. The van der Waals surface area contributed by atoms with Crippen LogP contribution in [-0.2, 0) is 14.6 Å². The van der Waals surface area contributed by atoms with Gasteiger partial charge < -0.3 is 15.2 Å². The van der Waals surface area contributed by atoms with Crippen LogP contribution in [0.2, 0.25) is 0 Å². The summed E-state index contributed by atoms with van der Waals surface area (Å²) in [7, 11) is -1.58. The highest BCUT2D eigenvalue weighted by atomic mass is 32.2. The van der Waals surface area contributed by atoms with Gasteiger partial charge >= 0.3 is 5.97 Å². The number of nitrogen functional groups attached to an aromatic ring is 1. The molecule has 0 spiro atoms. The second kappa shape index (κ2) is 5.08. The molecule has 0 amide bonds. The van der Waals surface area contributed by atoms with Gasteiger partial charge in [0.2, 0.25) is 0 Å². The van der Waals surface area contributed by atoms with Crippen LogP contribution < -0.4 is 10.5 Å². The number of nitrogens with two attached hydrogens (primary N) is 1. The molecule has 1 aliphatic rings. The van der Waals surface area contributed by atoms with E-state index >= 15 is 0 Å². The van der Waals surface area contributed by atoms with Crippen molar-refractivity contribution in [3.63, 3.8) is 0 Å². The zero-order chi connectivity index (χ0) is 14.0. The Hall–Kier alpha value is -1.76. The van der Waals surface area contributed by atoms with Crippen molar-refractivity contribution in [2.75, 3.05) is 24.3 Å². The minimum Gasteiger partial charge on any atom is -0.495 e. The third kappa shape index (κ3) is 3.17. The normalized spacial score (nSPS) is 21.0. The molecule has 6 nitrogen and oxygen atoms in total. The van der Waals surface area contributed by atoms with Gasteiger partial charge in [0, 0.05) is 0 Å². The number of esters is 1. The summed E-state index contributed by atoms with van der Waals surface area (Å²) in [5.74, 6) is -0.142. The van der Waals surface area contributed by atoms with Crippen molar-refractivity contribution >= 4 is 21.5 Å². The zero-order valence-electron chi connectivity index (χ0n) is 10.5. The van der Waals surface area contributed by atoms with Crippen molar-refractivity contribution in [3.05, 3.63) is 23.8 Å². The summed E-state index contributed by atoms with van der Waals surface area (Å²) in [4.78, 5) is 11.9. The molecule has 1 fully saturated rings. The molecule has 7 heteroatoms. The number of benzene rings is 1. The van der Waals surface area contributed by atoms with Crippen LogP contribution in [0.5, 0.6) is 5.75 Å². The lowest BCUT2D eigenvalue weighted by Crippen LogP contribution is -2.19. The van der Waals surface area contributed by atoms with E-state index in [1.54, 1.807) is 6.07 Å². The molecule has 1 saturated heterocycles. The summed E-state index contributed by atoms with van der Waals surface area (Å²) in [5, 5.41) is 0. The number of ether oxygens (including phenoxy) is 2. The fourth-order valence-electron chi connectivity index (χ4n) is 1.93. The van der Waals surface area contributed by atoms with Gasteiger partial charge in [0.25, 0.3) is 0 Å². The lowest BCUT2D eigenvalue weighted by molar-refractivity contribution is 0.0356. The van der Waals surface area contributed by atoms with Crippen LogP contribution in [0, 0.1) is 0 Å². The second-order valence-electron chi connectivity index (χ2n) is 4.39. The Balaban J connectivity index is 2.06. The van der Waals surface area contributed by atoms with Crippen molar-refractivity contribution in [2.45, 2.75) is 12.5 Å². The molecule has 1 atom stereocenters. The Labute approximate surface area is 111 Å². The van der Waals surface area contributed by atoms with E-state index < -0.39 is 21.9 Å². The van der Waals surface area contributed by atoms with Crippen molar-refractivity contribution in [2.24, 2.45) is 0 Å². The first-order valence-electron chi connectivity index (χ1n) is 5.76. The molecule has 0 aromatic heterocycles. The highest BCUT2D eigenvalue weighted by Crippen LogP contribution is 2.23. The smallest absolute Gasteiger partial charge is 0.338 e. The predicted molar refractivity (Wildman–Crippen MR) is 69.9 cm³/mol. The molecule has 2 N–H and O–H groups in total. The monoisotopic (exact) mass is 285 g/mol. The summed E-state index contributed by atoms with van der Waals surface area (Å²) >= 11 is 0. The standard InChI is InChI=1S/C12H15NO5S/c1-17-11-3-2-8(6-10(11)13)12(14)18-9-4-5-19(15,16)7-9/h2-3,6,9H,4-5,7,13H2,1H3. The summed E-state index contributed by atoms with van der Waals surface area (Å²) in [6.45, 7) is 0. The minimum absolute atomic E-state index is 0.0652. The van der Waals surface area contributed by atoms with Crippen LogP contribution in [0.25, 0.3) is 0 Å². The molecule has 0 aliphatic carbocycles. The van der Waals surface area contributed by atoms with Gasteiger partial charge in [-0.1, -0.05) is 0 Å². The maximum Gasteiger partial charge on any atom is 0.338 e. The highest BCUT2D eigenvalue weighted by Gasteiger charge is 2.31. The summed E-state index contributed by atoms with van der Waals surface area (Å²) in [6.07, 6.45) is -0.222. The number of sulfone groups is 1. The number of hydrogen-bond donors (Lipinski definition) is 1. The Kier molecular flexibility index (Phi) is 3.66. The summed E-state index contributed by atoms with van der Waals surface area (Å²) in [6, 6.07) is 4.54. The topological polar surface area (TPSA) is 95.7 Å². The van der Waals surface area contributed by atoms with Crippen LogP contribution in [-0.4, -0.2) is 39.1 Å². The number of rotatable bonds is 3. The third-order valence-electron chi connectivity index (χ3n) is 2.93. The maximum absolute atomic E-state index is 11.9. The highest BCUT2D eigenvalue weighted by molar-refractivity contribution is 7.91. The first-order valence-corrected chi connectivity index (χ1v) is 7.58. The Morgan fingerprint density at radius 1 is 1.42 bits per heavy atom. The molecule has 19 heavy (non-hydrogen) atoms. The van der Waals surface area contributed by atoms with Crippen LogP contribution in [0.3, 0.4) is 0 Å². The van der Waals surface area contributed by atoms with Gasteiger partial charge in [-0.05, 0) is 24.6 Å². The first kappa shape index (κ1) is 13.7. The number of carbonyl (C=O) groups excluding carboxylic acids is 1. The van der Waals surface area contributed by atoms with Gasteiger partial charge in [-0.15, -0.1) is 0 Å². The van der Waals surface area contributed by atoms with Crippen LogP contribution in [0.4, 0.5) is 5.69 Å². The molecule has 1 aromatic carbocycles. The molecule has 104 valence electrons. The Bertz CT molecular complexity index is 596. The van der Waals surface area contributed by atoms with Crippen molar-refractivity contribution in [3.8, 4) is 5.75 Å². The van der Waals surface area contributed by atoms with E-state index in [0.717, 1.165) is 0 Å². The number of methoxy groups -OCH3 is 1. The van der Waals surface area contributed by atoms with Crippen LogP contribution >= 0.6 is 0 Å². The Morgan fingerprint density at radius 2 is 2.16 bits per heavy atom. The minimum atomic E-state index is -3.06. The fraction of sp³-hybridized carbons (Fsp3) is 0.417.